The average molecular weight is 435 g/mol. The predicted molar refractivity (Wildman–Crippen MR) is 114 cm³/mol. The molecule has 1 amide bonds. The van der Waals surface area contributed by atoms with Crippen LogP contribution in [0.3, 0.4) is 0 Å². The molecule has 1 aromatic carbocycles. The van der Waals surface area contributed by atoms with E-state index >= 15 is 0 Å². The van der Waals surface area contributed by atoms with Crippen molar-refractivity contribution in [2.45, 2.75) is 36.3 Å². The van der Waals surface area contributed by atoms with Crippen molar-refractivity contribution in [1.29, 1.82) is 0 Å². The van der Waals surface area contributed by atoms with E-state index in [9.17, 15) is 9.90 Å². The number of likely N-dealkylation sites (tertiary alicyclic amines) is 1. The highest BCUT2D eigenvalue weighted by molar-refractivity contribution is 8.01. The lowest BCUT2D eigenvalue weighted by Crippen LogP contribution is -2.42. The summed E-state index contributed by atoms with van der Waals surface area (Å²) in [6.07, 6.45) is 0.582. The summed E-state index contributed by atoms with van der Waals surface area (Å²) in [4.78, 5) is 19.0. The van der Waals surface area contributed by atoms with Gasteiger partial charge in [0, 0.05) is 24.2 Å². The van der Waals surface area contributed by atoms with Gasteiger partial charge in [0.15, 0.2) is 15.8 Å². The molecule has 2 fully saturated rings. The molecule has 6 nitrogen and oxygen atoms in total. The van der Waals surface area contributed by atoms with Crippen LogP contribution in [0.25, 0.3) is 0 Å². The number of fused-ring (bicyclic) bond motifs is 1. The Morgan fingerprint density at radius 2 is 2.00 bits per heavy atom. The summed E-state index contributed by atoms with van der Waals surface area (Å²) in [5, 5.41) is 12.6. The third kappa shape index (κ3) is 4.70. The zero-order valence-corrected chi connectivity index (χ0v) is 18.2. The Balaban J connectivity index is 1.34. The van der Waals surface area contributed by atoms with Crippen LogP contribution in [0.4, 0.5) is 0 Å². The number of aromatic nitrogens is 1. The van der Waals surface area contributed by atoms with Crippen LogP contribution in [0.1, 0.15) is 18.5 Å². The Morgan fingerprint density at radius 1 is 1.28 bits per heavy atom. The monoisotopic (exact) mass is 434 g/mol. The maximum Gasteiger partial charge on any atom is 0.233 e. The van der Waals surface area contributed by atoms with E-state index in [1.54, 1.807) is 18.4 Å². The summed E-state index contributed by atoms with van der Waals surface area (Å²) in [6.45, 7) is 3.42. The summed E-state index contributed by atoms with van der Waals surface area (Å²) in [6, 6.07) is 7.50. The number of hydrogen-bond acceptors (Lipinski definition) is 7. The minimum Gasteiger partial charge on any atom is -0.493 e. The molecule has 2 aromatic rings. The van der Waals surface area contributed by atoms with Crippen molar-refractivity contribution in [3.8, 4) is 11.5 Å². The number of hydrogen-bond donors (Lipinski definition) is 1. The van der Waals surface area contributed by atoms with E-state index in [1.807, 2.05) is 41.5 Å². The van der Waals surface area contributed by atoms with Crippen molar-refractivity contribution in [3.05, 3.63) is 35.3 Å². The van der Waals surface area contributed by atoms with E-state index in [4.69, 9.17) is 9.47 Å². The molecule has 0 radical (unpaired) electrons. The number of amides is 1. The molecule has 4 atom stereocenters. The van der Waals surface area contributed by atoms with E-state index in [-0.39, 0.29) is 12.0 Å². The third-order valence-corrected chi connectivity index (χ3v) is 7.83. The molecule has 1 saturated carbocycles. The molecule has 4 rings (SSSR count). The lowest BCUT2D eigenvalue weighted by atomic mass is 9.78. The number of ether oxygens (including phenoxy) is 2. The average Bonchev–Trinajstić information content (AvgIpc) is 3.32. The fourth-order valence-corrected chi connectivity index (χ4v) is 5.97. The number of carbonyl (C=O) groups excluding carboxylic acids is 1. The van der Waals surface area contributed by atoms with Gasteiger partial charge in [-0.1, -0.05) is 23.9 Å². The summed E-state index contributed by atoms with van der Waals surface area (Å²) < 4.78 is 12.4. The molecule has 8 heteroatoms. The standard InChI is InChI=1S/C21H26N2O4S2/c1-13-11-28-21(22-13)29-12-20(25)23-9-14-7-16(24)19(8-15(14)10-23)27-18-6-4-3-5-17(18)26-2/h3-6,11,14-16,19,24H,7-10,12H2,1-2H3/t14-,15+,16+,19+/m0/s1. The van der Waals surface area contributed by atoms with Gasteiger partial charge >= 0.3 is 0 Å². The van der Waals surface area contributed by atoms with Gasteiger partial charge in [0.2, 0.25) is 5.91 Å². The highest BCUT2D eigenvalue weighted by Crippen LogP contribution is 2.39. The maximum absolute atomic E-state index is 12.7. The van der Waals surface area contributed by atoms with Crippen LogP contribution in [-0.2, 0) is 4.79 Å². The first-order chi connectivity index (χ1) is 14.0. The fraction of sp³-hybridized carbons (Fsp3) is 0.524. The molecule has 1 aromatic heterocycles. The highest BCUT2D eigenvalue weighted by atomic mass is 32.2. The molecule has 1 aliphatic heterocycles. The summed E-state index contributed by atoms with van der Waals surface area (Å²) >= 11 is 3.08. The summed E-state index contributed by atoms with van der Waals surface area (Å²) in [7, 11) is 1.61. The van der Waals surface area contributed by atoms with Gasteiger partial charge in [-0.05, 0) is 43.7 Å². The van der Waals surface area contributed by atoms with Crippen molar-refractivity contribution in [2.75, 3.05) is 26.0 Å². The van der Waals surface area contributed by atoms with E-state index in [0.29, 0.717) is 35.5 Å². The SMILES string of the molecule is COc1ccccc1O[C@@H]1C[C@@H]2CN(C(=O)CSc3nc(C)cs3)C[C@@H]2C[C@H]1O. The van der Waals surface area contributed by atoms with E-state index in [0.717, 1.165) is 29.5 Å². The highest BCUT2D eigenvalue weighted by Gasteiger charge is 2.44. The minimum absolute atomic E-state index is 0.147. The zero-order chi connectivity index (χ0) is 20.4. The van der Waals surface area contributed by atoms with E-state index in [1.165, 1.54) is 11.8 Å². The van der Waals surface area contributed by atoms with Crippen LogP contribution in [0, 0.1) is 18.8 Å². The molecule has 0 unspecified atom stereocenters. The Kier molecular flexibility index (Phi) is 6.32. The Morgan fingerprint density at radius 3 is 2.69 bits per heavy atom. The Labute approximate surface area is 179 Å². The topological polar surface area (TPSA) is 71.9 Å². The van der Waals surface area contributed by atoms with Gasteiger partial charge in [0.05, 0.1) is 19.0 Å². The van der Waals surface area contributed by atoms with Crippen LogP contribution >= 0.6 is 23.1 Å². The molecular weight excluding hydrogens is 408 g/mol. The smallest absolute Gasteiger partial charge is 0.233 e. The zero-order valence-electron chi connectivity index (χ0n) is 16.6. The van der Waals surface area contributed by atoms with Crippen molar-refractivity contribution >= 4 is 29.0 Å². The van der Waals surface area contributed by atoms with Gasteiger partial charge in [0.1, 0.15) is 6.10 Å². The molecule has 0 spiro atoms. The number of aliphatic hydroxyl groups excluding tert-OH is 1. The molecule has 1 N–H and O–H groups in total. The number of para-hydroxylation sites is 2. The van der Waals surface area contributed by atoms with Gasteiger partial charge in [-0.15, -0.1) is 11.3 Å². The van der Waals surface area contributed by atoms with Crippen molar-refractivity contribution in [3.63, 3.8) is 0 Å². The van der Waals surface area contributed by atoms with Crippen molar-refractivity contribution in [1.82, 2.24) is 9.88 Å². The van der Waals surface area contributed by atoms with E-state index in [2.05, 4.69) is 4.98 Å². The first-order valence-corrected chi connectivity index (χ1v) is 11.7. The second-order valence-electron chi connectivity index (χ2n) is 7.71. The molecule has 2 heterocycles. The third-order valence-electron chi connectivity index (χ3n) is 5.70. The number of thioether (sulfide) groups is 1. The molecule has 29 heavy (non-hydrogen) atoms. The normalized spacial score (nSPS) is 26.2. The lowest BCUT2D eigenvalue weighted by Gasteiger charge is -2.35. The summed E-state index contributed by atoms with van der Waals surface area (Å²) in [5.41, 5.74) is 0.993. The lowest BCUT2D eigenvalue weighted by molar-refractivity contribution is -0.127. The second-order valence-corrected chi connectivity index (χ2v) is 9.79. The van der Waals surface area contributed by atoms with Gasteiger partial charge in [-0.25, -0.2) is 4.98 Å². The molecule has 0 bridgehead atoms. The Bertz CT molecular complexity index is 859. The van der Waals surface area contributed by atoms with Crippen molar-refractivity contribution < 1.29 is 19.4 Å². The number of aryl methyl sites for hydroxylation is 1. The number of carbonyl (C=O) groups is 1. The van der Waals surface area contributed by atoms with E-state index < -0.39 is 6.10 Å². The number of thiazole rings is 1. The van der Waals surface area contributed by atoms with Crippen LogP contribution in [0.5, 0.6) is 11.5 Å². The number of aliphatic hydroxyl groups is 1. The molecular formula is C21H26N2O4S2. The van der Waals surface area contributed by atoms with Gasteiger partial charge in [-0.3, -0.25) is 4.79 Å². The van der Waals surface area contributed by atoms with Crippen LogP contribution in [0.2, 0.25) is 0 Å². The molecule has 2 aliphatic rings. The molecule has 156 valence electrons. The van der Waals surface area contributed by atoms with Gasteiger partial charge in [-0.2, -0.15) is 0 Å². The summed E-state index contributed by atoms with van der Waals surface area (Å²) in [5.74, 6) is 2.57. The fourth-order valence-electron chi connectivity index (χ4n) is 4.21. The predicted octanol–water partition coefficient (Wildman–Crippen LogP) is 3.23. The Hall–Kier alpha value is -1.77. The van der Waals surface area contributed by atoms with Crippen molar-refractivity contribution in [2.24, 2.45) is 11.8 Å². The van der Waals surface area contributed by atoms with Crippen LogP contribution in [0.15, 0.2) is 34.0 Å². The van der Waals surface area contributed by atoms with Crippen LogP contribution < -0.4 is 9.47 Å². The maximum atomic E-state index is 12.7. The largest absolute Gasteiger partial charge is 0.493 e. The van der Waals surface area contributed by atoms with Gasteiger partial charge < -0.3 is 19.5 Å². The molecule has 1 aliphatic carbocycles. The first kappa shape index (κ1) is 20.5. The number of benzene rings is 1. The molecule has 1 saturated heterocycles. The number of rotatable bonds is 6. The number of nitrogens with zero attached hydrogens (tertiary/aromatic N) is 2. The minimum atomic E-state index is -0.538. The second kappa shape index (κ2) is 8.93. The van der Waals surface area contributed by atoms with Crippen LogP contribution in [-0.4, -0.2) is 59.1 Å². The quantitative estimate of drug-likeness (QED) is 0.704. The van der Waals surface area contributed by atoms with Gasteiger partial charge in [0.25, 0.3) is 0 Å². The number of methoxy groups -OCH3 is 1. The first-order valence-electron chi connectivity index (χ1n) is 9.84.